The van der Waals surface area contributed by atoms with Gasteiger partial charge in [0.05, 0.1) is 11.6 Å². The van der Waals surface area contributed by atoms with Crippen molar-refractivity contribution in [3.8, 4) is 6.07 Å². The maximum atomic E-state index is 11.0. The first-order chi connectivity index (χ1) is 9.72. The largest absolute Gasteiger partial charge is 0.384 e. The fraction of sp³-hybridized carbons (Fsp3) is 0.429. The molecular weight excluding hydrogens is 294 g/mol. The zero-order valence-corrected chi connectivity index (χ0v) is 12.8. The summed E-state index contributed by atoms with van der Waals surface area (Å²) in [5, 5.41) is 8.39. The predicted molar refractivity (Wildman–Crippen MR) is 76.6 cm³/mol. The van der Waals surface area contributed by atoms with Crippen LogP contribution in [0.3, 0.4) is 0 Å². The molecule has 7 heteroatoms. The Kier molecular flexibility index (Phi) is 5.41. The standard InChI is InChI=1S/C8H4ClNO3.C6H12N2/c9-2-4-1-5-6(10-3-4)8(12)13-7(5)11;1-5(2)6(3,8)4-7/h1,3H,2H2;5H,8H2,1-3H3. The fourth-order valence-corrected chi connectivity index (χ4v) is 1.36. The second-order valence-electron chi connectivity index (χ2n) is 5.10. The number of carbonyl (C=O) groups excluding carboxylic acids is 2. The van der Waals surface area contributed by atoms with Crippen molar-refractivity contribution in [1.82, 2.24) is 4.98 Å². The van der Waals surface area contributed by atoms with Crippen molar-refractivity contribution in [1.29, 1.82) is 5.26 Å². The number of ether oxygens (including phenoxy) is 1. The van der Waals surface area contributed by atoms with E-state index in [9.17, 15) is 9.59 Å². The third-order valence-corrected chi connectivity index (χ3v) is 3.45. The van der Waals surface area contributed by atoms with Crippen LogP contribution in [0.5, 0.6) is 0 Å². The molecule has 0 aromatic carbocycles. The summed E-state index contributed by atoms with van der Waals surface area (Å²) in [6, 6.07) is 3.53. The van der Waals surface area contributed by atoms with Crippen LogP contribution in [-0.2, 0) is 10.6 Å². The summed E-state index contributed by atoms with van der Waals surface area (Å²) in [6.45, 7) is 5.60. The minimum absolute atomic E-state index is 0.0684. The van der Waals surface area contributed by atoms with Crippen molar-refractivity contribution < 1.29 is 14.3 Å². The van der Waals surface area contributed by atoms with Gasteiger partial charge in [-0.1, -0.05) is 13.8 Å². The second kappa shape index (κ2) is 6.66. The Morgan fingerprint density at radius 3 is 2.52 bits per heavy atom. The van der Waals surface area contributed by atoms with Crippen LogP contribution in [0.1, 0.15) is 47.2 Å². The highest BCUT2D eigenvalue weighted by Gasteiger charge is 2.31. The van der Waals surface area contributed by atoms with E-state index >= 15 is 0 Å². The number of halogens is 1. The van der Waals surface area contributed by atoms with Gasteiger partial charge < -0.3 is 10.5 Å². The highest BCUT2D eigenvalue weighted by Crippen LogP contribution is 2.19. The van der Waals surface area contributed by atoms with Crippen molar-refractivity contribution in [3.63, 3.8) is 0 Å². The molecule has 0 aliphatic carbocycles. The van der Waals surface area contributed by atoms with Gasteiger partial charge in [0.25, 0.3) is 0 Å². The minimum atomic E-state index is -0.693. The van der Waals surface area contributed by atoms with E-state index in [-0.39, 0.29) is 23.1 Å². The van der Waals surface area contributed by atoms with Crippen LogP contribution in [0.4, 0.5) is 0 Å². The molecule has 0 saturated carbocycles. The molecule has 1 unspecified atom stereocenters. The summed E-state index contributed by atoms with van der Waals surface area (Å²) in [5.74, 6) is -0.866. The van der Waals surface area contributed by atoms with E-state index in [1.54, 1.807) is 6.92 Å². The molecule has 2 heterocycles. The number of fused-ring (bicyclic) bond motifs is 1. The van der Waals surface area contributed by atoms with E-state index in [0.717, 1.165) is 0 Å². The molecular formula is C14H16ClN3O3. The molecule has 2 rings (SSSR count). The Bertz CT molecular complexity index is 606. The van der Waals surface area contributed by atoms with E-state index in [1.165, 1.54) is 12.3 Å². The first-order valence-electron chi connectivity index (χ1n) is 6.24. The van der Waals surface area contributed by atoms with Crippen molar-refractivity contribution in [2.24, 2.45) is 11.7 Å². The number of nitrogens with two attached hydrogens (primary N) is 1. The fourth-order valence-electron chi connectivity index (χ4n) is 1.22. The Morgan fingerprint density at radius 1 is 1.48 bits per heavy atom. The lowest BCUT2D eigenvalue weighted by Crippen LogP contribution is -2.39. The van der Waals surface area contributed by atoms with Gasteiger partial charge in [-0.05, 0) is 24.5 Å². The molecule has 0 spiro atoms. The lowest BCUT2D eigenvalue weighted by molar-refractivity contribution is 0.0441. The monoisotopic (exact) mass is 309 g/mol. The van der Waals surface area contributed by atoms with Crippen LogP contribution >= 0.6 is 11.6 Å². The number of hydrogen-bond donors (Lipinski definition) is 1. The van der Waals surface area contributed by atoms with Gasteiger partial charge >= 0.3 is 11.9 Å². The average molecular weight is 310 g/mol. The molecule has 1 aliphatic heterocycles. The minimum Gasteiger partial charge on any atom is -0.384 e. The molecule has 0 saturated heterocycles. The zero-order chi connectivity index (χ0) is 16.2. The first kappa shape index (κ1) is 17.1. The third kappa shape index (κ3) is 4.00. The maximum Gasteiger partial charge on any atom is 0.365 e. The molecule has 6 nitrogen and oxygen atoms in total. The molecule has 0 bridgehead atoms. The number of cyclic esters (lactones) is 2. The molecule has 1 aromatic rings. The van der Waals surface area contributed by atoms with Gasteiger partial charge in [-0.2, -0.15) is 5.26 Å². The number of carbonyl (C=O) groups is 2. The molecule has 0 fully saturated rings. The molecule has 21 heavy (non-hydrogen) atoms. The van der Waals surface area contributed by atoms with Crippen molar-refractivity contribution in [2.75, 3.05) is 0 Å². The molecule has 112 valence electrons. The number of esters is 2. The molecule has 1 aliphatic rings. The summed E-state index contributed by atoms with van der Waals surface area (Å²) in [4.78, 5) is 25.7. The van der Waals surface area contributed by atoms with E-state index in [0.29, 0.717) is 5.56 Å². The second-order valence-corrected chi connectivity index (χ2v) is 5.37. The SMILES string of the molecule is CC(C)C(C)(N)C#N.O=C1OC(=O)c2ncc(CCl)cc21. The van der Waals surface area contributed by atoms with Gasteiger partial charge in [0.1, 0.15) is 5.54 Å². The third-order valence-electron chi connectivity index (χ3n) is 3.14. The number of hydrogen-bond acceptors (Lipinski definition) is 6. The van der Waals surface area contributed by atoms with Crippen LogP contribution < -0.4 is 5.73 Å². The van der Waals surface area contributed by atoms with Crippen LogP contribution in [-0.4, -0.2) is 22.5 Å². The van der Waals surface area contributed by atoms with Crippen molar-refractivity contribution in [3.05, 3.63) is 29.1 Å². The van der Waals surface area contributed by atoms with Gasteiger partial charge in [-0.3, -0.25) is 0 Å². The summed E-state index contributed by atoms with van der Waals surface area (Å²) >= 11 is 5.54. The lowest BCUT2D eigenvalue weighted by Gasteiger charge is -2.18. The molecule has 0 amide bonds. The maximum absolute atomic E-state index is 11.0. The predicted octanol–water partition coefficient (Wildman–Crippen LogP) is 2.01. The summed E-state index contributed by atoms with van der Waals surface area (Å²) in [6.07, 6.45) is 1.45. The Hall–Kier alpha value is -1.97. The zero-order valence-electron chi connectivity index (χ0n) is 12.0. The normalized spacial score (nSPS) is 15.5. The molecule has 0 radical (unpaired) electrons. The summed E-state index contributed by atoms with van der Waals surface area (Å²) < 4.78 is 4.35. The van der Waals surface area contributed by atoms with E-state index in [2.05, 4.69) is 9.72 Å². The molecule has 1 aromatic heterocycles. The summed E-state index contributed by atoms with van der Waals surface area (Å²) in [5.41, 5.74) is 5.80. The van der Waals surface area contributed by atoms with Gasteiger partial charge in [-0.25, -0.2) is 14.6 Å². The van der Waals surface area contributed by atoms with Crippen LogP contribution in [0.2, 0.25) is 0 Å². The average Bonchev–Trinajstić information content (AvgIpc) is 2.74. The summed E-state index contributed by atoms with van der Waals surface area (Å²) in [7, 11) is 0. The highest BCUT2D eigenvalue weighted by atomic mass is 35.5. The van der Waals surface area contributed by atoms with E-state index in [4.69, 9.17) is 22.6 Å². The van der Waals surface area contributed by atoms with Crippen LogP contribution in [0, 0.1) is 17.2 Å². The van der Waals surface area contributed by atoms with Gasteiger partial charge in [0.2, 0.25) is 0 Å². The number of pyridine rings is 1. The number of aromatic nitrogens is 1. The first-order valence-corrected chi connectivity index (χ1v) is 6.78. The number of nitriles is 1. The van der Waals surface area contributed by atoms with Crippen LogP contribution in [0.15, 0.2) is 12.3 Å². The molecule has 2 N–H and O–H groups in total. The number of rotatable bonds is 2. The Balaban J connectivity index is 0.000000240. The Morgan fingerprint density at radius 2 is 2.10 bits per heavy atom. The smallest absolute Gasteiger partial charge is 0.365 e. The Labute approximate surface area is 127 Å². The van der Waals surface area contributed by atoms with Gasteiger partial charge in [0, 0.05) is 12.1 Å². The van der Waals surface area contributed by atoms with E-state index < -0.39 is 17.5 Å². The quantitative estimate of drug-likeness (QED) is 0.509. The van der Waals surface area contributed by atoms with Gasteiger partial charge in [-0.15, -0.1) is 11.6 Å². The van der Waals surface area contributed by atoms with Gasteiger partial charge in [0.15, 0.2) is 5.69 Å². The van der Waals surface area contributed by atoms with Crippen molar-refractivity contribution >= 4 is 23.5 Å². The lowest BCUT2D eigenvalue weighted by atomic mass is 9.92. The molecule has 1 atom stereocenters. The van der Waals surface area contributed by atoms with Crippen molar-refractivity contribution in [2.45, 2.75) is 32.2 Å². The number of nitrogens with zero attached hydrogens (tertiary/aromatic N) is 2. The number of alkyl halides is 1. The van der Waals surface area contributed by atoms with Crippen LogP contribution in [0.25, 0.3) is 0 Å². The topological polar surface area (TPSA) is 106 Å². The highest BCUT2D eigenvalue weighted by molar-refractivity contribution is 6.17. The van der Waals surface area contributed by atoms with E-state index in [1.807, 2.05) is 19.9 Å².